The summed E-state index contributed by atoms with van der Waals surface area (Å²) < 4.78 is 1.96. The van der Waals surface area contributed by atoms with E-state index in [0.717, 1.165) is 8.95 Å². The van der Waals surface area contributed by atoms with Crippen LogP contribution in [-0.2, 0) is 26.2 Å². The first-order chi connectivity index (χ1) is 14.2. The molecule has 0 spiro atoms. The molecule has 4 aromatic carbocycles. The molecule has 0 aliphatic heterocycles. The Labute approximate surface area is 222 Å². The monoisotopic (exact) mass is 620 g/mol. The van der Waals surface area contributed by atoms with Crippen LogP contribution in [0.1, 0.15) is 22.3 Å². The third-order valence-electron chi connectivity index (χ3n) is 4.28. The van der Waals surface area contributed by atoms with Crippen LogP contribution >= 0.6 is 31.9 Å². The summed E-state index contributed by atoms with van der Waals surface area (Å²) in [5.41, 5.74) is 5.56. The molecular weight excluding hydrogens is 595 g/mol. The van der Waals surface area contributed by atoms with Crippen molar-refractivity contribution in [3.8, 4) is 11.5 Å². The van der Waals surface area contributed by atoms with Crippen molar-refractivity contribution in [2.24, 2.45) is 0 Å². The fourth-order valence-electron chi connectivity index (χ4n) is 2.08. The fraction of sp³-hybridized carbons (Fsp3) is 0.154. The van der Waals surface area contributed by atoms with Crippen LogP contribution in [0.5, 0.6) is 11.5 Å². The first-order valence-electron chi connectivity index (χ1n) is 9.46. The van der Waals surface area contributed by atoms with Crippen molar-refractivity contribution in [2.75, 3.05) is 0 Å². The molecule has 5 heteroatoms. The minimum atomic E-state index is 0. The van der Waals surface area contributed by atoms with Gasteiger partial charge >= 0.3 is 26.2 Å². The number of aryl methyl sites for hydroxylation is 4. The van der Waals surface area contributed by atoms with Crippen molar-refractivity contribution in [3.63, 3.8) is 0 Å². The smallest absolute Gasteiger partial charge is 0.508 e. The molecule has 0 heterocycles. The molecule has 0 saturated carbocycles. The maximum absolute atomic E-state index is 8.74. The standard InChI is InChI=1S/2C7H9.2C6H5BrO.Zr/c2*1-6-4-3-5-7(6)2;2*7-5-1-3-6(8)4-2-5;/h2*3-5H,1-2H3;2*1-4,8H;/q2*-1;;;+2. The average molecular weight is 624 g/mol. The molecule has 4 aromatic rings. The fourth-order valence-corrected chi connectivity index (χ4v) is 2.61. The Morgan fingerprint density at radius 1 is 0.581 bits per heavy atom. The minimum Gasteiger partial charge on any atom is -0.508 e. The number of halogens is 2. The largest absolute Gasteiger partial charge is 2.00 e. The first kappa shape index (κ1) is 29.6. The molecule has 31 heavy (non-hydrogen) atoms. The van der Waals surface area contributed by atoms with E-state index >= 15 is 0 Å². The van der Waals surface area contributed by atoms with Gasteiger partial charge in [0.1, 0.15) is 11.5 Å². The quantitative estimate of drug-likeness (QED) is 0.193. The van der Waals surface area contributed by atoms with Crippen molar-refractivity contribution < 1.29 is 36.4 Å². The molecule has 2 nitrogen and oxygen atoms in total. The molecule has 0 bridgehead atoms. The molecule has 0 unspecified atom stereocenters. The van der Waals surface area contributed by atoms with E-state index in [4.69, 9.17) is 10.2 Å². The van der Waals surface area contributed by atoms with Crippen LogP contribution in [0.3, 0.4) is 0 Å². The topological polar surface area (TPSA) is 40.5 Å². The molecule has 0 saturated heterocycles. The van der Waals surface area contributed by atoms with E-state index in [0.29, 0.717) is 11.5 Å². The number of phenols is 2. The summed E-state index contributed by atoms with van der Waals surface area (Å²) in [6.07, 6.45) is 0. The summed E-state index contributed by atoms with van der Waals surface area (Å²) in [4.78, 5) is 0. The Morgan fingerprint density at radius 3 is 1.00 bits per heavy atom. The number of benzene rings is 2. The second kappa shape index (κ2) is 16.2. The van der Waals surface area contributed by atoms with Gasteiger partial charge in [0.2, 0.25) is 0 Å². The molecule has 0 fully saturated rings. The molecule has 0 radical (unpaired) electrons. The van der Waals surface area contributed by atoms with Crippen molar-refractivity contribution in [1.29, 1.82) is 0 Å². The Morgan fingerprint density at radius 2 is 0.871 bits per heavy atom. The molecule has 162 valence electrons. The van der Waals surface area contributed by atoms with Gasteiger partial charge in [0.15, 0.2) is 0 Å². The summed E-state index contributed by atoms with van der Waals surface area (Å²) in [7, 11) is 0. The Hall–Kier alpha value is -1.42. The second-order valence-corrected chi connectivity index (χ2v) is 8.57. The van der Waals surface area contributed by atoms with Crippen LogP contribution in [0.4, 0.5) is 0 Å². The van der Waals surface area contributed by atoms with E-state index in [-0.39, 0.29) is 26.2 Å². The maximum Gasteiger partial charge on any atom is 2.00 e. The SMILES string of the molecule is Cc1ccc[c-]1C.Cc1ccc[c-]1C.Oc1ccc(Br)cc1.Oc1ccc(Br)cc1.[Zr+2]. The van der Waals surface area contributed by atoms with Crippen LogP contribution in [0.25, 0.3) is 0 Å². The van der Waals surface area contributed by atoms with Crippen molar-refractivity contribution in [2.45, 2.75) is 27.7 Å². The second-order valence-electron chi connectivity index (χ2n) is 6.74. The Kier molecular flexibility index (Phi) is 15.5. The van der Waals surface area contributed by atoms with Gasteiger partial charge in [-0.1, -0.05) is 59.6 Å². The molecule has 0 aliphatic rings. The normalized spacial score (nSPS) is 8.97. The number of rotatable bonds is 0. The number of aromatic hydroxyl groups is 2. The van der Waals surface area contributed by atoms with Gasteiger partial charge in [0, 0.05) is 8.95 Å². The van der Waals surface area contributed by atoms with Crippen molar-refractivity contribution >= 4 is 31.9 Å². The van der Waals surface area contributed by atoms with Gasteiger partial charge in [0.05, 0.1) is 0 Å². The van der Waals surface area contributed by atoms with Gasteiger partial charge in [-0.05, 0) is 48.5 Å². The average Bonchev–Trinajstić information content (AvgIpc) is 3.28. The van der Waals surface area contributed by atoms with Crippen LogP contribution < -0.4 is 0 Å². The van der Waals surface area contributed by atoms with E-state index in [2.05, 4.69) is 96.0 Å². The van der Waals surface area contributed by atoms with Gasteiger partial charge < -0.3 is 10.2 Å². The molecule has 0 aliphatic carbocycles. The maximum atomic E-state index is 8.74. The van der Waals surface area contributed by atoms with Crippen LogP contribution in [0.2, 0.25) is 0 Å². The molecule has 0 aromatic heterocycles. The minimum absolute atomic E-state index is 0. The number of hydrogen-bond acceptors (Lipinski definition) is 2. The van der Waals surface area contributed by atoms with Crippen LogP contribution in [-0.4, -0.2) is 10.2 Å². The molecule has 0 atom stereocenters. The van der Waals surface area contributed by atoms with E-state index < -0.39 is 0 Å². The van der Waals surface area contributed by atoms with Gasteiger partial charge in [0.25, 0.3) is 0 Å². The summed E-state index contributed by atoms with van der Waals surface area (Å²) in [5, 5.41) is 17.5. The third-order valence-corrected chi connectivity index (χ3v) is 5.34. The number of hydrogen-bond donors (Lipinski definition) is 2. The summed E-state index contributed by atoms with van der Waals surface area (Å²) in [6, 6.07) is 26.3. The van der Waals surface area contributed by atoms with Gasteiger partial charge in [-0.15, -0.1) is 0 Å². The first-order valence-corrected chi connectivity index (χ1v) is 11.0. The summed E-state index contributed by atoms with van der Waals surface area (Å²) >= 11 is 6.47. The predicted molar refractivity (Wildman–Crippen MR) is 135 cm³/mol. The third kappa shape index (κ3) is 13.6. The molecule has 0 amide bonds. The number of phenolic OH excluding ortho intramolecular Hbond substituents is 2. The molecular formula is C26H28Br2O2Zr. The molecule has 2 N–H and O–H groups in total. The summed E-state index contributed by atoms with van der Waals surface area (Å²) in [6.45, 7) is 8.48. The van der Waals surface area contributed by atoms with E-state index in [9.17, 15) is 0 Å². The molecule has 4 rings (SSSR count). The predicted octanol–water partition coefficient (Wildman–Crippen LogP) is 8.35. The van der Waals surface area contributed by atoms with Gasteiger partial charge in [-0.2, -0.15) is 34.4 Å². The van der Waals surface area contributed by atoms with Crippen LogP contribution in [0, 0.1) is 27.7 Å². The van der Waals surface area contributed by atoms with Gasteiger partial charge in [-0.3, -0.25) is 0 Å². The Bertz CT molecular complexity index is 815. The Balaban J connectivity index is 0.000000384. The van der Waals surface area contributed by atoms with Gasteiger partial charge in [-0.25, -0.2) is 24.3 Å². The van der Waals surface area contributed by atoms with E-state index in [1.165, 1.54) is 22.3 Å². The zero-order chi connectivity index (χ0) is 22.5. The van der Waals surface area contributed by atoms with Crippen molar-refractivity contribution in [1.82, 2.24) is 0 Å². The van der Waals surface area contributed by atoms with Crippen molar-refractivity contribution in [3.05, 3.63) is 116 Å². The van der Waals surface area contributed by atoms with Crippen LogP contribution in [0.15, 0.2) is 93.9 Å². The van der Waals surface area contributed by atoms with E-state index in [1.54, 1.807) is 48.5 Å². The zero-order valence-electron chi connectivity index (χ0n) is 18.2. The van der Waals surface area contributed by atoms with E-state index in [1.807, 2.05) is 0 Å². The summed E-state index contributed by atoms with van der Waals surface area (Å²) in [5.74, 6) is 0.599. The zero-order valence-corrected chi connectivity index (χ0v) is 23.9.